The Morgan fingerprint density at radius 2 is 2.00 bits per heavy atom. The zero-order chi connectivity index (χ0) is 18.3. The third-order valence-electron chi connectivity index (χ3n) is 3.29. The van der Waals surface area contributed by atoms with Crippen LogP contribution in [0.4, 0.5) is 24.5 Å². The molecule has 134 valence electrons. The number of aromatic nitrogens is 1. The van der Waals surface area contributed by atoms with E-state index in [0.717, 1.165) is 12.1 Å². The van der Waals surface area contributed by atoms with Gasteiger partial charge in [-0.2, -0.15) is 13.2 Å². The molecule has 2 aromatic rings. The van der Waals surface area contributed by atoms with Crippen LogP contribution in [0.1, 0.15) is 22.3 Å². The van der Waals surface area contributed by atoms with Gasteiger partial charge in [0.05, 0.1) is 23.0 Å². The van der Waals surface area contributed by atoms with Crippen molar-refractivity contribution >= 4 is 17.3 Å². The molecule has 1 amide bonds. The van der Waals surface area contributed by atoms with Crippen molar-refractivity contribution in [1.82, 2.24) is 10.3 Å². The van der Waals surface area contributed by atoms with Crippen LogP contribution in [0.25, 0.3) is 0 Å². The van der Waals surface area contributed by atoms with E-state index in [0.29, 0.717) is 30.8 Å². The molecule has 0 fully saturated rings. The molecule has 0 radical (unpaired) electrons. The molecule has 5 nitrogen and oxygen atoms in total. The van der Waals surface area contributed by atoms with Gasteiger partial charge in [0.1, 0.15) is 0 Å². The minimum Gasteiger partial charge on any atom is -0.385 e. The molecule has 25 heavy (non-hydrogen) atoms. The number of nitrogens with zero attached hydrogens (tertiary/aromatic N) is 1. The molecule has 1 heterocycles. The highest BCUT2D eigenvalue weighted by Crippen LogP contribution is 2.31. The van der Waals surface area contributed by atoms with E-state index in [1.54, 1.807) is 7.11 Å². The van der Waals surface area contributed by atoms with Crippen LogP contribution in [-0.2, 0) is 10.9 Å². The summed E-state index contributed by atoms with van der Waals surface area (Å²) in [5.41, 5.74) is 0.241. The average Bonchev–Trinajstić information content (AvgIpc) is 2.58. The molecule has 2 N–H and O–H groups in total. The van der Waals surface area contributed by atoms with Crippen molar-refractivity contribution in [2.45, 2.75) is 12.6 Å². The monoisotopic (exact) mass is 353 g/mol. The lowest BCUT2D eigenvalue weighted by Crippen LogP contribution is -2.25. The molecule has 0 aliphatic carbocycles. The summed E-state index contributed by atoms with van der Waals surface area (Å²) in [5.74, 6) is -0.309. The number of nitrogens with one attached hydrogen (secondary N) is 2. The Hall–Kier alpha value is -2.61. The van der Waals surface area contributed by atoms with Gasteiger partial charge >= 0.3 is 6.18 Å². The van der Waals surface area contributed by atoms with E-state index in [1.807, 2.05) is 0 Å². The van der Waals surface area contributed by atoms with E-state index < -0.39 is 11.7 Å². The first-order valence-electron chi connectivity index (χ1n) is 7.56. The Balaban J connectivity index is 2.05. The quantitative estimate of drug-likeness (QED) is 0.747. The number of halogens is 3. The van der Waals surface area contributed by atoms with Gasteiger partial charge in [-0.3, -0.25) is 9.78 Å². The first-order valence-corrected chi connectivity index (χ1v) is 7.56. The first-order chi connectivity index (χ1) is 11.9. The van der Waals surface area contributed by atoms with Gasteiger partial charge in [0.25, 0.3) is 5.91 Å². The summed E-state index contributed by atoms with van der Waals surface area (Å²) in [4.78, 5) is 16.0. The molecule has 8 heteroatoms. The lowest BCUT2D eigenvalue weighted by molar-refractivity contribution is -0.137. The number of pyridine rings is 1. The van der Waals surface area contributed by atoms with Gasteiger partial charge in [0.15, 0.2) is 0 Å². The van der Waals surface area contributed by atoms with Gasteiger partial charge in [-0.25, -0.2) is 0 Å². The number of anilines is 2. The topological polar surface area (TPSA) is 63.2 Å². The van der Waals surface area contributed by atoms with Crippen molar-refractivity contribution in [3.63, 3.8) is 0 Å². The molecule has 0 bridgehead atoms. The molecule has 0 aliphatic rings. The maximum atomic E-state index is 12.7. The number of rotatable bonds is 7. The lowest BCUT2D eigenvalue weighted by Gasteiger charge is -2.11. The van der Waals surface area contributed by atoms with Crippen molar-refractivity contribution in [3.8, 4) is 0 Å². The van der Waals surface area contributed by atoms with Gasteiger partial charge in [-0.1, -0.05) is 6.07 Å². The van der Waals surface area contributed by atoms with Crippen molar-refractivity contribution in [2.75, 3.05) is 25.6 Å². The molecular weight excluding hydrogens is 335 g/mol. The highest BCUT2D eigenvalue weighted by Gasteiger charge is 2.30. The number of alkyl halides is 3. The second-order valence-corrected chi connectivity index (χ2v) is 5.27. The van der Waals surface area contributed by atoms with Crippen LogP contribution in [0.2, 0.25) is 0 Å². The fourth-order valence-corrected chi connectivity index (χ4v) is 2.09. The average molecular weight is 353 g/mol. The third kappa shape index (κ3) is 5.75. The van der Waals surface area contributed by atoms with Gasteiger partial charge in [-0.15, -0.1) is 0 Å². The summed E-state index contributed by atoms with van der Waals surface area (Å²) in [6.07, 6.45) is -0.914. The van der Waals surface area contributed by atoms with E-state index in [2.05, 4.69) is 15.6 Å². The maximum absolute atomic E-state index is 12.7. The number of ether oxygens (including phenoxy) is 1. The highest BCUT2D eigenvalue weighted by atomic mass is 19.4. The SMILES string of the molecule is COCCCNC(=O)c1cncc(Nc2cccc(C(F)(F)F)c2)c1. The number of hydrogen-bond donors (Lipinski definition) is 2. The van der Waals surface area contributed by atoms with Crippen LogP contribution in [0.15, 0.2) is 42.7 Å². The van der Waals surface area contributed by atoms with Gasteiger partial charge in [0, 0.05) is 32.1 Å². The van der Waals surface area contributed by atoms with Crippen LogP contribution in [0, 0.1) is 0 Å². The summed E-state index contributed by atoms with van der Waals surface area (Å²) in [7, 11) is 1.58. The van der Waals surface area contributed by atoms with E-state index >= 15 is 0 Å². The van der Waals surface area contributed by atoms with Crippen molar-refractivity contribution in [3.05, 3.63) is 53.9 Å². The normalized spacial score (nSPS) is 11.2. The molecule has 0 saturated carbocycles. The molecule has 0 spiro atoms. The molecule has 0 saturated heterocycles. The molecule has 0 atom stereocenters. The number of methoxy groups -OCH3 is 1. The fourth-order valence-electron chi connectivity index (χ4n) is 2.09. The minimum atomic E-state index is -4.42. The Labute approximate surface area is 143 Å². The van der Waals surface area contributed by atoms with Crippen LogP contribution in [-0.4, -0.2) is 31.2 Å². The Bertz CT molecular complexity index is 720. The molecule has 1 aromatic carbocycles. The lowest BCUT2D eigenvalue weighted by atomic mass is 10.2. The summed E-state index contributed by atoms with van der Waals surface area (Å²) in [6.45, 7) is 0.994. The Morgan fingerprint density at radius 3 is 2.72 bits per heavy atom. The van der Waals surface area contributed by atoms with Crippen molar-refractivity contribution < 1.29 is 22.7 Å². The molecule has 1 aromatic heterocycles. The third-order valence-corrected chi connectivity index (χ3v) is 3.29. The van der Waals surface area contributed by atoms with Crippen molar-refractivity contribution in [1.29, 1.82) is 0 Å². The van der Waals surface area contributed by atoms with E-state index in [1.165, 1.54) is 30.6 Å². The van der Waals surface area contributed by atoms with Gasteiger partial charge in [-0.05, 0) is 30.7 Å². The molecule has 0 aliphatic heterocycles. The van der Waals surface area contributed by atoms with E-state index in [4.69, 9.17) is 4.74 Å². The predicted molar refractivity (Wildman–Crippen MR) is 87.8 cm³/mol. The van der Waals surface area contributed by atoms with Crippen LogP contribution >= 0.6 is 0 Å². The van der Waals surface area contributed by atoms with Crippen LogP contribution < -0.4 is 10.6 Å². The van der Waals surface area contributed by atoms with Gasteiger partial charge < -0.3 is 15.4 Å². The fraction of sp³-hybridized carbons (Fsp3) is 0.294. The second kappa shape index (κ2) is 8.48. The Morgan fingerprint density at radius 1 is 1.20 bits per heavy atom. The van der Waals surface area contributed by atoms with E-state index in [-0.39, 0.29) is 11.6 Å². The van der Waals surface area contributed by atoms with Crippen LogP contribution in [0.5, 0.6) is 0 Å². The number of carbonyl (C=O) groups is 1. The summed E-state index contributed by atoms with van der Waals surface area (Å²) in [6, 6.07) is 6.33. The molecule has 0 unspecified atom stereocenters. The summed E-state index contributed by atoms with van der Waals surface area (Å²) < 4.78 is 43.1. The van der Waals surface area contributed by atoms with Crippen molar-refractivity contribution in [2.24, 2.45) is 0 Å². The zero-order valence-corrected chi connectivity index (χ0v) is 13.6. The zero-order valence-electron chi connectivity index (χ0n) is 13.6. The molecular formula is C17H18F3N3O2. The number of amides is 1. The largest absolute Gasteiger partial charge is 0.416 e. The summed E-state index contributed by atoms with van der Waals surface area (Å²) in [5, 5.41) is 5.54. The smallest absolute Gasteiger partial charge is 0.385 e. The highest BCUT2D eigenvalue weighted by molar-refractivity contribution is 5.94. The van der Waals surface area contributed by atoms with Gasteiger partial charge in [0.2, 0.25) is 0 Å². The number of hydrogen-bond acceptors (Lipinski definition) is 4. The second-order valence-electron chi connectivity index (χ2n) is 5.27. The number of benzene rings is 1. The predicted octanol–water partition coefficient (Wildman–Crippen LogP) is 3.61. The standard InChI is InChI=1S/C17H18F3N3O2/c1-25-7-3-6-22-16(24)12-8-15(11-21-10-12)23-14-5-2-4-13(9-14)17(18,19)20/h2,4-5,8-11,23H,3,6-7H2,1H3,(H,22,24). The number of carbonyl (C=O) groups excluding carboxylic acids is 1. The van der Waals surface area contributed by atoms with E-state index in [9.17, 15) is 18.0 Å². The molecule has 2 rings (SSSR count). The summed E-state index contributed by atoms with van der Waals surface area (Å²) >= 11 is 0. The maximum Gasteiger partial charge on any atom is 0.416 e. The Kier molecular flexibility index (Phi) is 6.35. The van der Waals surface area contributed by atoms with Crippen LogP contribution in [0.3, 0.4) is 0 Å². The minimum absolute atomic E-state index is 0.259. The first kappa shape index (κ1) is 18.7.